The van der Waals surface area contributed by atoms with Gasteiger partial charge in [-0.15, -0.1) is 11.8 Å². The van der Waals surface area contributed by atoms with E-state index in [9.17, 15) is 0 Å². The Labute approximate surface area is 114 Å². The SMILES string of the molecule is CCNCc1cccc(SCC2(CC#N)CC2)c1. The van der Waals surface area contributed by atoms with E-state index in [1.807, 2.05) is 11.8 Å². The van der Waals surface area contributed by atoms with Crippen molar-refractivity contribution in [2.75, 3.05) is 12.3 Å². The van der Waals surface area contributed by atoms with Crippen LogP contribution in [-0.4, -0.2) is 12.3 Å². The quantitative estimate of drug-likeness (QED) is 0.761. The molecule has 18 heavy (non-hydrogen) atoms. The lowest BCUT2D eigenvalue weighted by molar-refractivity contribution is 0.604. The van der Waals surface area contributed by atoms with Crippen molar-refractivity contribution in [1.82, 2.24) is 5.32 Å². The second kappa shape index (κ2) is 6.26. The summed E-state index contributed by atoms with van der Waals surface area (Å²) in [4.78, 5) is 1.33. The van der Waals surface area contributed by atoms with E-state index < -0.39 is 0 Å². The van der Waals surface area contributed by atoms with Crippen molar-refractivity contribution in [2.24, 2.45) is 5.41 Å². The molecule has 1 saturated carbocycles. The summed E-state index contributed by atoms with van der Waals surface area (Å²) in [5.74, 6) is 1.09. The van der Waals surface area contributed by atoms with Gasteiger partial charge in [0.2, 0.25) is 0 Å². The summed E-state index contributed by atoms with van der Waals surface area (Å²) in [7, 11) is 0. The van der Waals surface area contributed by atoms with Crippen LogP contribution in [0.2, 0.25) is 0 Å². The fourth-order valence-electron chi connectivity index (χ4n) is 1.97. The lowest BCUT2D eigenvalue weighted by atomic mass is 10.1. The van der Waals surface area contributed by atoms with Gasteiger partial charge in [0.05, 0.1) is 6.07 Å². The largest absolute Gasteiger partial charge is 0.313 e. The average molecular weight is 260 g/mol. The van der Waals surface area contributed by atoms with Gasteiger partial charge < -0.3 is 5.32 Å². The van der Waals surface area contributed by atoms with Gasteiger partial charge >= 0.3 is 0 Å². The first kappa shape index (κ1) is 13.5. The van der Waals surface area contributed by atoms with Crippen LogP contribution in [0, 0.1) is 16.7 Å². The molecule has 0 amide bonds. The van der Waals surface area contributed by atoms with Crippen LogP contribution in [-0.2, 0) is 6.54 Å². The number of rotatable bonds is 7. The summed E-state index contributed by atoms with van der Waals surface area (Å²) in [6.45, 7) is 4.06. The van der Waals surface area contributed by atoms with Crippen molar-refractivity contribution in [3.63, 3.8) is 0 Å². The topological polar surface area (TPSA) is 35.8 Å². The van der Waals surface area contributed by atoms with Crippen LogP contribution >= 0.6 is 11.8 Å². The minimum Gasteiger partial charge on any atom is -0.313 e. The van der Waals surface area contributed by atoms with Crippen molar-refractivity contribution in [3.8, 4) is 6.07 Å². The number of nitriles is 1. The highest BCUT2D eigenvalue weighted by atomic mass is 32.2. The zero-order valence-corrected chi connectivity index (χ0v) is 11.7. The van der Waals surface area contributed by atoms with Gasteiger partial charge in [0.1, 0.15) is 0 Å². The molecule has 3 heteroatoms. The predicted octanol–water partition coefficient (Wildman–Crippen LogP) is 3.58. The lowest BCUT2D eigenvalue weighted by Gasteiger charge is -2.11. The molecule has 0 radical (unpaired) electrons. The molecule has 2 rings (SSSR count). The van der Waals surface area contributed by atoms with Crippen molar-refractivity contribution >= 4 is 11.8 Å². The van der Waals surface area contributed by atoms with Crippen molar-refractivity contribution < 1.29 is 0 Å². The maximum atomic E-state index is 8.81. The van der Waals surface area contributed by atoms with Gasteiger partial charge in [0, 0.05) is 23.6 Å². The fourth-order valence-corrected chi connectivity index (χ4v) is 3.24. The van der Waals surface area contributed by atoms with Crippen LogP contribution in [0.3, 0.4) is 0 Å². The molecule has 0 saturated heterocycles. The maximum absolute atomic E-state index is 8.81. The Hall–Kier alpha value is -0.980. The van der Waals surface area contributed by atoms with Gasteiger partial charge in [0.25, 0.3) is 0 Å². The van der Waals surface area contributed by atoms with Crippen LogP contribution in [0.4, 0.5) is 0 Å². The van der Waals surface area contributed by atoms with Gasteiger partial charge in [0.15, 0.2) is 0 Å². The second-order valence-corrected chi connectivity index (χ2v) is 6.10. The molecule has 0 spiro atoms. The van der Waals surface area contributed by atoms with Crippen LogP contribution in [0.25, 0.3) is 0 Å². The van der Waals surface area contributed by atoms with Crippen molar-refractivity contribution in [1.29, 1.82) is 5.26 Å². The van der Waals surface area contributed by atoms with Crippen molar-refractivity contribution in [3.05, 3.63) is 29.8 Å². The van der Waals surface area contributed by atoms with E-state index >= 15 is 0 Å². The number of nitrogens with one attached hydrogen (secondary N) is 1. The number of benzene rings is 1. The smallest absolute Gasteiger partial charge is 0.0627 e. The molecule has 1 aromatic carbocycles. The Morgan fingerprint density at radius 1 is 1.44 bits per heavy atom. The minimum absolute atomic E-state index is 0.330. The molecule has 96 valence electrons. The monoisotopic (exact) mass is 260 g/mol. The minimum atomic E-state index is 0.330. The van der Waals surface area contributed by atoms with E-state index in [-0.39, 0.29) is 0 Å². The Kier molecular flexibility index (Phi) is 4.68. The normalized spacial score (nSPS) is 16.2. The lowest BCUT2D eigenvalue weighted by Crippen LogP contribution is -2.11. The second-order valence-electron chi connectivity index (χ2n) is 5.05. The zero-order chi connectivity index (χ0) is 12.8. The third-order valence-electron chi connectivity index (χ3n) is 3.43. The van der Waals surface area contributed by atoms with Gasteiger partial charge in [-0.25, -0.2) is 0 Å². The van der Waals surface area contributed by atoms with Gasteiger partial charge in [-0.05, 0) is 42.5 Å². The molecule has 0 aromatic heterocycles. The maximum Gasteiger partial charge on any atom is 0.0627 e. The summed E-state index contributed by atoms with van der Waals surface area (Å²) < 4.78 is 0. The molecule has 2 nitrogen and oxygen atoms in total. The summed E-state index contributed by atoms with van der Waals surface area (Å²) in [6, 6.07) is 11.0. The number of hydrogen-bond donors (Lipinski definition) is 1. The summed E-state index contributed by atoms with van der Waals surface area (Å²) in [5.41, 5.74) is 1.67. The van der Waals surface area contributed by atoms with Gasteiger partial charge in [-0.3, -0.25) is 0 Å². The Balaban J connectivity index is 1.87. The highest BCUT2D eigenvalue weighted by Gasteiger charge is 2.42. The molecule has 0 bridgehead atoms. The predicted molar refractivity (Wildman–Crippen MR) is 76.4 cm³/mol. The molecule has 0 unspecified atom stereocenters. The third kappa shape index (κ3) is 3.76. The summed E-state index contributed by atoms with van der Waals surface area (Å²) in [5, 5.41) is 12.2. The van der Waals surface area contributed by atoms with Gasteiger partial charge in [-0.1, -0.05) is 19.1 Å². The van der Waals surface area contributed by atoms with E-state index in [0.717, 1.165) is 25.3 Å². The molecule has 0 atom stereocenters. The van der Waals surface area contributed by atoms with E-state index in [1.54, 1.807) is 0 Å². The molecule has 1 fully saturated rings. The standard InChI is InChI=1S/C15H20N2S/c1-2-17-11-13-4-3-5-14(10-13)18-12-15(6-7-15)8-9-16/h3-5,10,17H,2,6-8,11-12H2,1H3. The molecular formula is C15H20N2S. The molecule has 0 heterocycles. The van der Waals surface area contributed by atoms with Crippen LogP contribution in [0.15, 0.2) is 29.2 Å². The number of hydrogen-bond acceptors (Lipinski definition) is 3. The first-order chi connectivity index (χ1) is 8.78. The third-order valence-corrected chi connectivity index (χ3v) is 4.78. The highest BCUT2D eigenvalue weighted by Crippen LogP contribution is 2.51. The molecule has 1 aromatic rings. The van der Waals surface area contributed by atoms with Crippen LogP contribution in [0.5, 0.6) is 0 Å². The first-order valence-corrected chi connectivity index (χ1v) is 7.56. The number of thioether (sulfide) groups is 1. The molecule has 1 N–H and O–H groups in total. The number of nitrogens with zero attached hydrogens (tertiary/aromatic N) is 1. The van der Waals surface area contributed by atoms with Crippen molar-refractivity contribution in [2.45, 2.75) is 37.6 Å². The highest BCUT2D eigenvalue weighted by molar-refractivity contribution is 7.99. The van der Waals surface area contributed by atoms with Gasteiger partial charge in [-0.2, -0.15) is 5.26 Å². The Morgan fingerprint density at radius 2 is 2.28 bits per heavy atom. The van der Waals surface area contributed by atoms with E-state index in [1.165, 1.54) is 23.3 Å². The average Bonchev–Trinajstić information content (AvgIpc) is 3.15. The van der Waals surface area contributed by atoms with E-state index in [4.69, 9.17) is 5.26 Å². The Morgan fingerprint density at radius 3 is 2.94 bits per heavy atom. The molecule has 1 aliphatic carbocycles. The Bertz CT molecular complexity index is 432. The van der Waals surface area contributed by atoms with Crippen LogP contribution < -0.4 is 5.32 Å². The summed E-state index contributed by atoms with van der Waals surface area (Å²) in [6.07, 6.45) is 3.17. The summed E-state index contributed by atoms with van der Waals surface area (Å²) >= 11 is 1.90. The fraction of sp³-hybridized carbons (Fsp3) is 0.533. The van der Waals surface area contributed by atoms with E-state index in [0.29, 0.717) is 5.41 Å². The van der Waals surface area contributed by atoms with E-state index in [2.05, 4.69) is 42.6 Å². The zero-order valence-electron chi connectivity index (χ0n) is 10.9. The molecule has 0 aliphatic heterocycles. The first-order valence-electron chi connectivity index (χ1n) is 6.57. The molecular weight excluding hydrogens is 240 g/mol. The molecule has 1 aliphatic rings. The van der Waals surface area contributed by atoms with Crippen LogP contribution in [0.1, 0.15) is 31.7 Å².